The standard InChI is InChI=1S/C23H26N2O/c1-16-10-12-25(13-11-16)15-20-22(18-6-4-3-5-7-18)24-21-9-8-17(2)14-19(21)23(20)26/h3-9,14,16H,10-13,15H2,1-2H3,(H,24,26). The Balaban J connectivity index is 1.85. The minimum atomic E-state index is 0.167. The summed E-state index contributed by atoms with van der Waals surface area (Å²) in [7, 11) is 0. The predicted molar refractivity (Wildman–Crippen MR) is 108 cm³/mol. The van der Waals surface area contributed by atoms with Crippen LogP contribution in [0.15, 0.2) is 53.3 Å². The van der Waals surface area contributed by atoms with E-state index in [-0.39, 0.29) is 5.43 Å². The van der Waals surface area contributed by atoms with Crippen LogP contribution in [0.5, 0.6) is 0 Å². The fraction of sp³-hybridized carbons (Fsp3) is 0.348. The first kappa shape index (κ1) is 17.0. The monoisotopic (exact) mass is 346 g/mol. The minimum absolute atomic E-state index is 0.167. The summed E-state index contributed by atoms with van der Waals surface area (Å²) in [6.45, 7) is 7.21. The third-order valence-electron chi connectivity index (χ3n) is 5.58. The number of H-pyrrole nitrogens is 1. The third-order valence-corrected chi connectivity index (χ3v) is 5.58. The molecule has 0 atom stereocenters. The van der Waals surface area contributed by atoms with Crippen LogP contribution >= 0.6 is 0 Å². The van der Waals surface area contributed by atoms with Crippen molar-refractivity contribution in [3.8, 4) is 11.3 Å². The number of aryl methyl sites for hydroxylation is 1. The molecule has 0 unspecified atom stereocenters. The highest BCUT2D eigenvalue weighted by atomic mass is 16.1. The summed E-state index contributed by atoms with van der Waals surface area (Å²) in [4.78, 5) is 19.3. The van der Waals surface area contributed by atoms with Crippen LogP contribution in [-0.4, -0.2) is 23.0 Å². The van der Waals surface area contributed by atoms with Crippen LogP contribution in [0.3, 0.4) is 0 Å². The maximum absolute atomic E-state index is 13.4. The number of hydrogen-bond donors (Lipinski definition) is 1. The molecule has 134 valence electrons. The second-order valence-electron chi connectivity index (χ2n) is 7.68. The Bertz CT molecular complexity index is 967. The van der Waals surface area contributed by atoms with Gasteiger partial charge in [0.25, 0.3) is 0 Å². The van der Waals surface area contributed by atoms with Crippen LogP contribution in [0.1, 0.15) is 30.9 Å². The number of pyridine rings is 1. The Hall–Kier alpha value is -2.39. The van der Waals surface area contributed by atoms with Crippen molar-refractivity contribution in [1.29, 1.82) is 0 Å². The predicted octanol–water partition coefficient (Wildman–Crippen LogP) is 4.74. The number of nitrogens with zero attached hydrogens (tertiary/aromatic N) is 1. The van der Waals surface area contributed by atoms with Crippen LogP contribution in [0.25, 0.3) is 22.2 Å². The molecule has 2 heterocycles. The molecule has 1 aliphatic heterocycles. The number of rotatable bonds is 3. The van der Waals surface area contributed by atoms with Crippen molar-refractivity contribution < 1.29 is 0 Å². The van der Waals surface area contributed by atoms with Gasteiger partial charge in [-0.15, -0.1) is 0 Å². The van der Waals surface area contributed by atoms with Gasteiger partial charge in [0, 0.05) is 23.0 Å². The van der Waals surface area contributed by atoms with Gasteiger partial charge in [0.05, 0.1) is 5.69 Å². The van der Waals surface area contributed by atoms with E-state index < -0.39 is 0 Å². The van der Waals surface area contributed by atoms with Crippen LogP contribution in [0.4, 0.5) is 0 Å². The second-order valence-corrected chi connectivity index (χ2v) is 7.68. The molecule has 0 spiro atoms. The Kier molecular flexibility index (Phi) is 4.64. The number of fused-ring (bicyclic) bond motifs is 1. The largest absolute Gasteiger partial charge is 0.354 e. The van der Waals surface area contributed by atoms with Gasteiger partial charge >= 0.3 is 0 Å². The number of hydrogen-bond acceptors (Lipinski definition) is 2. The first-order chi connectivity index (χ1) is 12.6. The van der Waals surface area contributed by atoms with Crippen molar-refractivity contribution in [3.05, 3.63) is 69.9 Å². The molecule has 1 N–H and O–H groups in total. The van der Waals surface area contributed by atoms with Crippen LogP contribution in [-0.2, 0) is 6.54 Å². The normalized spacial score (nSPS) is 16.2. The Labute approximate surface area is 154 Å². The number of aromatic nitrogens is 1. The average Bonchev–Trinajstić information content (AvgIpc) is 2.66. The van der Waals surface area contributed by atoms with E-state index in [4.69, 9.17) is 0 Å². The Morgan fingerprint density at radius 3 is 2.54 bits per heavy atom. The van der Waals surface area contributed by atoms with Gasteiger partial charge in [0.2, 0.25) is 0 Å². The molecule has 0 bridgehead atoms. The summed E-state index contributed by atoms with van der Waals surface area (Å²) in [5, 5.41) is 0.796. The highest BCUT2D eigenvalue weighted by molar-refractivity contribution is 5.83. The lowest BCUT2D eigenvalue weighted by Crippen LogP contribution is -2.34. The molecule has 0 amide bonds. The molecule has 2 aromatic carbocycles. The molecule has 1 saturated heterocycles. The summed E-state index contributed by atoms with van der Waals surface area (Å²) in [6.07, 6.45) is 2.43. The van der Waals surface area contributed by atoms with Gasteiger partial charge in [0.1, 0.15) is 0 Å². The van der Waals surface area contributed by atoms with Crippen molar-refractivity contribution in [1.82, 2.24) is 9.88 Å². The molecule has 3 heteroatoms. The Morgan fingerprint density at radius 2 is 1.81 bits per heavy atom. The fourth-order valence-corrected chi connectivity index (χ4v) is 3.89. The number of benzene rings is 2. The highest BCUT2D eigenvalue weighted by Crippen LogP contribution is 2.25. The van der Waals surface area contributed by atoms with E-state index in [9.17, 15) is 4.79 Å². The molecule has 3 aromatic rings. The summed E-state index contributed by atoms with van der Waals surface area (Å²) in [5.41, 5.74) is 5.13. The zero-order valence-corrected chi connectivity index (χ0v) is 15.6. The molecule has 0 aliphatic carbocycles. The minimum Gasteiger partial charge on any atom is -0.354 e. The number of nitrogens with one attached hydrogen (secondary N) is 1. The topological polar surface area (TPSA) is 36.1 Å². The zero-order valence-electron chi connectivity index (χ0n) is 15.6. The Morgan fingerprint density at radius 1 is 1.08 bits per heavy atom. The molecule has 3 nitrogen and oxygen atoms in total. The van der Waals surface area contributed by atoms with Gasteiger partial charge in [0.15, 0.2) is 5.43 Å². The molecule has 1 aromatic heterocycles. The van der Waals surface area contributed by atoms with E-state index in [0.29, 0.717) is 0 Å². The molecule has 1 aliphatic rings. The molecular weight excluding hydrogens is 320 g/mol. The quantitative estimate of drug-likeness (QED) is 0.744. The van der Waals surface area contributed by atoms with Crippen LogP contribution in [0, 0.1) is 12.8 Å². The number of piperidine rings is 1. The molecule has 4 rings (SSSR count). The first-order valence-electron chi connectivity index (χ1n) is 9.55. The highest BCUT2D eigenvalue weighted by Gasteiger charge is 2.20. The zero-order chi connectivity index (χ0) is 18.1. The van der Waals surface area contributed by atoms with Gasteiger partial charge < -0.3 is 4.98 Å². The van der Waals surface area contributed by atoms with E-state index in [1.165, 1.54) is 12.8 Å². The van der Waals surface area contributed by atoms with Gasteiger partial charge in [-0.3, -0.25) is 9.69 Å². The molecule has 0 radical (unpaired) electrons. The summed E-state index contributed by atoms with van der Waals surface area (Å²) in [6, 6.07) is 16.3. The second kappa shape index (κ2) is 7.08. The third kappa shape index (κ3) is 3.32. The number of likely N-dealkylation sites (tertiary alicyclic amines) is 1. The average molecular weight is 346 g/mol. The maximum atomic E-state index is 13.4. The lowest BCUT2D eigenvalue weighted by molar-refractivity contribution is 0.185. The van der Waals surface area contributed by atoms with Crippen LogP contribution in [0.2, 0.25) is 0 Å². The van der Waals surface area contributed by atoms with E-state index in [1.807, 2.05) is 37.3 Å². The van der Waals surface area contributed by atoms with Gasteiger partial charge in [-0.05, 0) is 56.5 Å². The molecular formula is C23H26N2O. The van der Waals surface area contributed by atoms with Gasteiger partial charge in [-0.2, -0.15) is 0 Å². The van der Waals surface area contributed by atoms with Gasteiger partial charge in [-0.25, -0.2) is 0 Å². The molecule has 26 heavy (non-hydrogen) atoms. The van der Waals surface area contributed by atoms with Crippen molar-refractivity contribution >= 4 is 10.9 Å². The fourth-order valence-electron chi connectivity index (χ4n) is 3.89. The first-order valence-corrected chi connectivity index (χ1v) is 9.55. The van der Waals surface area contributed by atoms with E-state index in [2.05, 4.69) is 35.0 Å². The molecule has 1 fully saturated rings. The van der Waals surface area contributed by atoms with Crippen molar-refractivity contribution in [2.24, 2.45) is 5.92 Å². The number of aromatic amines is 1. The van der Waals surface area contributed by atoms with E-state index in [1.54, 1.807) is 0 Å². The van der Waals surface area contributed by atoms with Gasteiger partial charge in [-0.1, -0.05) is 48.9 Å². The van der Waals surface area contributed by atoms with Crippen molar-refractivity contribution in [2.45, 2.75) is 33.2 Å². The summed E-state index contributed by atoms with van der Waals surface area (Å²) < 4.78 is 0. The lowest BCUT2D eigenvalue weighted by Gasteiger charge is -2.30. The summed E-state index contributed by atoms with van der Waals surface area (Å²) in [5.74, 6) is 0.789. The summed E-state index contributed by atoms with van der Waals surface area (Å²) >= 11 is 0. The van der Waals surface area contributed by atoms with Crippen LogP contribution < -0.4 is 5.43 Å². The van der Waals surface area contributed by atoms with E-state index >= 15 is 0 Å². The SMILES string of the molecule is Cc1ccc2[nH]c(-c3ccccc3)c(CN3CCC(C)CC3)c(=O)c2c1. The van der Waals surface area contributed by atoms with Crippen molar-refractivity contribution in [3.63, 3.8) is 0 Å². The van der Waals surface area contributed by atoms with E-state index in [0.717, 1.165) is 58.8 Å². The van der Waals surface area contributed by atoms with Crippen molar-refractivity contribution in [2.75, 3.05) is 13.1 Å². The lowest BCUT2D eigenvalue weighted by atomic mass is 9.97. The maximum Gasteiger partial charge on any atom is 0.194 e. The molecule has 0 saturated carbocycles. The smallest absolute Gasteiger partial charge is 0.194 e.